The third kappa shape index (κ3) is 2.38. The third-order valence-corrected chi connectivity index (χ3v) is 4.16. The van der Waals surface area contributed by atoms with Crippen LogP contribution >= 0.6 is 0 Å². The van der Waals surface area contributed by atoms with Crippen LogP contribution in [0.15, 0.2) is 0 Å². The maximum atomic E-state index is 12.4. The van der Waals surface area contributed by atoms with Gasteiger partial charge in [0.2, 0.25) is 11.8 Å². The molecule has 0 aromatic heterocycles. The molecule has 1 heterocycles. The SMILES string of the molecule is CCCCN(C)C(=O)C1(C(=O)N2CCCC2)CC1. The topological polar surface area (TPSA) is 40.6 Å². The number of carbonyl (C=O) groups excluding carboxylic acids is 2. The first-order valence-corrected chi connectivity index (χ1v) is 7.17. The lowest BCUT2D eigenvalue weighted by atomic mass is 10.0. The van der Waals surface area contributed by atoms with Crippen molar-refractivity contribution in [2.75, 3.05) is 26.7 Å². The van der Waals surface area contributed by atoms with Crippen LogP contribution in [0.3, 0.4) is 0 Å². The van der Waals surface area contributed by atoms with Gasteiger partial charge in [-0.1, -0.05) is 13.3 Å². The monoisotopic (exact) mass is 252 g/mol. The van der Waals surface area contributed by atoms with Crippen molar-refractivity contribution >= 4 is 11.8 Å². The van der Waals surface area contributed by atoms with Gasteiger partial charge in [-0.2, -0.15) is 0 Å². The molecular weight excluding hydrogens is 228 g/mol. The van der Waals surface area contributed by atoms with Crippen molar-refractivity contribution in [3.05, 3.63) is 0 Å². The molecule has 4 nitrogen and oxygen atoms in total. The van der Waals surface area contributed by atoms with Gasteiger partial charge < -0.3 is 9.80 Å². The van der Waals surface area contributed by atoms with E-state index in [1.54, 1.807) is 4.90 Å². The molecule has 2 aliphatic rings. The van der Waals surface area contributed by atoms with Crippen LogP contribution in [0.1, 0.15) is 45.4 Å². The summed E-state index contributed by atoms with van der Waals surface area (Å²) in [4.78, 5) is 28.5. The maximum absolute atomic E-state index is 12.4. The lowest BCUT2D eigenvalue weighted by Gasteiger charge is -2.26. The fourth-order valence-electron chi connectivity index (χ4n) is 2.73. The largest absolute Gasteiger partial charge is 0.345 e. The zero-order valence-corrected chi connectivity index (χ0v) is 11.6. The number of rotatable bonds is 5. The van der Waals surface area contributed by atoms with Gasteiger partial charge in [0.1, 0.15) is 5.41 Å². The molecule has 102 valence electrons. The number of carbonyl (C=O) groups is 2. The molecular formula is C14H24N2O2. The molecule has 0 spiro atoms. The summed E-state index contributed by atoms with van der Waals surface area (Å²) in [7, 11) is 1.83. The normalized spacial score (nSPS) is 20.9. The molecule has 18 heavy (non-hydrogen) atoms. The summed E-state index contributed by atoms with van der Waals surface area (Å²) in [5.41, 5.74) is -0.674. The third-order valence-electron chi connectivity index (χ3n) is 4.16. The van der Waals surface area contributed by atoms with Crippen molar-refractivity contribution in [3.8, 4) is 0 Å². The molecule has 2 amide bonds. The molecule has 1 saturated heterocycles. The van der Waals surface area contributed by atoms with Crippen LogP contribution in [0, 0.1) is 5.41 Å². The van der Waals surface area contributed by atoms with Crippen molar-refractivity contribution in [2.24, 2.45) is 5.41 Å². The highest BCUT2D eigenvalue weighted by Gasteiger charge is 2.59. The van der Waals surface area contributed by atoms with E-state index in [0.29, 0.717) is 0 Å². The van der Waals surface area contributed by atoms with Gasteiger partial charge in [-0.15, -0.1) is 0 Å². The first kappa shape index (κ1) is 13.4. The van der Waals surface area contributed by atoms with Crippen LogP contribution in [0.5, 0.6) is 0 Å². The molecule has 1 aliphatic carbocycles. The highest BCUT2D eigenvalue weighted by atomic mass is 16.2. The standard InChI is InChI=1S/C14H24N2O2/c1-3-4-9-15(2)12(17)14(7-8-14)13(18)16-10-5-6-11-16/h3-11H2,1-2H3. The Kier molecular flexibility index (Phi) is 3.93. The smallest absolute Gasteiger partial charge is 0.238 e. The van der Waals surface area contributed by atoms with Crippen molar-refractivity contribution < 1.29 is 9.59 Å². The molecule has 0 aromatic rings. The Bertz CT molecular complexity index is 331. The summed E-state index contributed by atoms with van der Waals surface area (Å²) in [5.74, 6) is 0.140. The number of amides is 2. The minimum absolute atomic E-state index is 0.0489. The molecule has 1 aliphatic heterocycles. The second-order valence-electron chi connectivity index (χ2n) is 5.66. The average molecular weight is 252 g/mol. The highest BCUT2D eigenvalue weighted by molar-refractivity contribution is 6.07. The molecule has 0 radical (unpaired) electrons. The molecule has 2 rings (SSSR count). The van der Waals surface area contributed by atoms with Gasteiger partial charge in [0.05, 0.1) is 0 Å². The average Bonchev–Trinajstić information content (AvgIpc) is 3.01. The van der Waals surface area contributed by atoms with E-state index >= 15 is 0 Å². The highest BCUT2D eigenvalue weighted by Crippen LogP contribution is 2.49. The number of hydrogen-bond donors (Lipinski definition) is 0. The van der Waals surface area contributed by atoms with Crippen molar-refractivity contribution in [2.45, 2.75) is 45.4 Å². The van der Waals surface area contributed by atoms with E-state index in [9.17, 15) is 9.59 Å². The molecule has 0 aromatic carbocycles. The van der Waals surface area contributed by atoms with Crippen LogP contribution in [-0.4, -0.2) is 48.3 Å². The number of hydrogen-bond acceptors (Lipinski definition) is 2. The molecule has 0 unspecified atom stereocenters. The quantitative estimate of drug-likeness (QED) is 0.698. The van der Waals surface area contributed by atoms with Crippen LogP contribution < -0.4 is 0 Å². The van der Waals surface area contributed by atoms with Gasteiger partial charge in [-0.05, 0) is 32.1 Å². The predicted molar refractivity (Wildman–Crippen MR) is 70.0 cm³/mol. The molecule has 0 N–H and O–H groups in total. The summed E-state index contributed by atoms with van der Waals surface area (Å²) in [6.07, 6.45) is 5.75. The zero-order chi connectivity index (χ0) is 13.2. The van der Waals surface area contributed by atoms with Gasteiger partial charge >= 0.3 is 0 Å². The molecule has 4 heteroatoms. The van der Waals surface area contributed by atoms with E-state index in [1.165, 1.54) is 0 Å². The Morgan fingerprint density at radius 3 is 2.33 bits per heavy atom. The summed E-state index contributed by atoms with van der Waals surface area (Å²) < 4.78 is 0. The Morgan fingerprint density at radius 2 is 1.83 bits per heavy atom. The van der Waals surface area contributed by atoms with Gasteiger partial charge in [-0.3, -0.25) is 9.59 Å². The fraction of sp³-hybridized carbons (Fsp3) is 0.857. The molecule has 2 fully saturated rings. The Morgan fingerprint density at radius 1 is 1.22 bits per heavy atom. The second kappa shape index (κ2) is 5.29. The van der Waals surface area contributed by atoms with E-state index in [0.717, 1.165) is 58.2 Å². The lowest BCUT2D eigenvalue weighted by Crippen LogP contribution is -2.45. The van der Waals surface area contributed by atoms with Crippen LogP contribution in [0.2, 0.25) is 0 Å². The molecule has 0 bridgehead atoms. The van der Waals surface area contributed by atoms with Crippen LogP contribution in [-0.2, 0) is 9.59 Å². The van der Waals surface area contributed by atoms with Gasteiger partial charge in [0, 0.05) is 26.7 Å². The predicted octanol–water partition coefficient (Wildman–Crippen LogP) is 1.65. The molecule has 1 saturated carbocycles. The number of nitrogens with zero attached hydrogens (tertiary/aromatic N) is 2. The maximum Gasteiger partial charge on any atom is 0.238 e. The first-order chi connectivity index (χ1) is 8.62. The number of likely N-dealkylation sites (tertiary alicyclic amines) is 1. The summed E-state index contributed by atoms with van der Waals surface area (Å²) >= 11 is 0. The van der Waals surface area contributed by atoms with Crippen molar-refractivity contribution in [1.82, 2.24) is 9.80 Å². The number of unbranched alkanes of at least 4 members (excludes halogenated alkanes) is 1. The summed E-state index contributed by atoms with van der Waals surface area (Å²) in [6, 6.07) is 0. The van der Waals surface area contributed by atoms with Crippen molar-refractivity contribution in [1.29, 1.82) is 0 Å². The Labute approximate surface area is 109 Å². The van der Waals surface area contributed by atoms with E-state index in [-0.39, 0.29) is 11.8 Å². The van der Waals surface area contributed by atoms with Crippen LogP contribution in [0.25, 0.3) is 0 Å². The summed E-state index contributed by atoms with van der Waals surface area (Å²) in [6.45, 7) is 4.56. The van der Waals surface area contributed by atoms with Gasteiger partial charge in [0.15, 0.2) is 0 Å². The van der Waals surface area contributed by atoms with E-state index < -0.39 is 5.41 Å². The Hall–Kier alpha value is -1.06. The van der Waals surface area contributed by atoms with Crippen molar-refractivity contribution in [3.63, 3.8) is 0 Å². The molecule has 0 atom stereocenters. The zero-order valence-electron chi connectivity index (χ0n) is 11.6. The summed E-state index contributed by atoms with van der Waals surface area (Å²) in [5, 5.41) is 0. The first-order valence-electron chi connectivity index (χ1n) is 7.17. The van der Waals surface area contributed by atoms with Crippen LogP contribution in [0.4, 0.5) is 0 Å². The minimum Gasteiger partial charge on any atom is -0.345 e. The van der Waals surface area contributed by atoms with E-state index in [4.69, 9.17) is 0 Å². The lowest BCUT2D eigenvalue weighted by molar-refractivity contribution is -0.148. The minimum atomic E-state index is -0.674. The fourth-order valence-corrected chi connectivity index (χ4v) is 2.73. The van der Waals surface area contributed by atoms with Gasteiger partial charge in [-0.25, -0.2) is 0 Å². The van der Waals surface area contributed by atoms with E-state index in [1.807, 2.05) is 11.9 Å². The Balaban J connectivity index is 1.97. The van der Waals surface area contributed by atoms with E-state index in [2.05, 4.69) is 6.92 Å². The second-order valence-corrected chi connectivity index (χ2v) is 5.66. The van der Waals surface area contributed by atoms with Gasteiger partial charge in [0.25, 0.3) is 0 Å².